The Bertz CT molecular complexity index is 1180. The number of carbonyl (C=O) groups is 1. The maximum absolute atomic E-state index is 12.6. The summed E-state index contributed by atoms with van der Waals surface area (Å²) in [5.74, 6) is 2.44. The SMILES string of the molecule is O=C(CCc1nc(-c2ccncc2)no1)N1CCN(CCCc2nc(-c3cccs3)no2)CC1. The van der Waals surface area contributed by atoms with Crippen LogP contribution in [0.15, 0.2) is 51.1 Å². The Morgan fingerprint density at radius 2 is 1.68 bits per heavy atom. The third kappa shape index (κ3) is 5.54. The second-order valence-electron chi connectivity index (χ2n) is 8.06. The van der Waals surface area contributed by atoms with E-state index in [0.29, 0.717) is 36.3 Å². The van der Waals surface area contributed by atoms with E-state index in [1.165, 1.54) is 0 Å². The number of hydrogen-bond acceptors (Lipinski definition) is 10. The Labute approximate surface area is 200 Å². The van der Waals surface area contributed by atoms with Crippen LogP contribution in [0.25, 0.3) is 22.1 Å². The fraction of sp³-hybridized carbons (Fsp3) is 0.391. The molecule has 5 rings (SSSR count). The number of nitrogens with zero attached hydrogens (tertiary/aromatic N) is 7. The summed E-state index contributed by atoms with van der Waals surface area (Å²) in [6.07, 6.45) is 5.86. The molecule has 0 radical (unpaired) electrons. The van der Waals surface area contributed by atoms with Crippen LogP contribution < -0.4 is 0 Å². The summed E-state index contributed by atoms with van der Waals surface area (Å²) in [6.45, 7) is 4.13. The normalized spacial score (nSPS) is 14.5. The van der Waals surface area contributed by atoms with Gasteiger partial charge in [0.05, 0.1) is 4.88 Å². The lowest BCUT2D eigenvalue weighted by Gasteiger charge is -2.34. The van der Waals surface area contributed by atoms with E-state index in [-0.39, 0.29) is 5.91 Å². The van der Waals surface area contributed by atoms with Gasteiger partial charge in [-0.2, -0.15) is 9.97 Å². The van der Waals surface area contributed by atoms with Gasteiger partial charge < -0.3 is 13.9 Å². The molecule has 4 aromatic rings. The molecule has 34 heavy (non-hydrogen) atoms. The number of carbonyl (C=O) groups excluding carboxylic acids is 1. The van der Waals surface area contributed by atoms with Crippen molar-refractivity contribution in [1.29, 1.82) is 0 Å². The van der Waals surface area contributed by atoms with Gasteiger partial charge in [-0.3, -0.25) is 14.7 Å². The Morgan fingerprint density at radius 1 is 0.941 bits per heavy atom. The molecule has 1 fully saturated rings. The first-order valence-electron chi connectivity index (χ1n) is 11.3. The minimum Gasteiger partial charge on any atom is -0.340 e. The molecular formula is C23H25N7O3S. The molecule has 5 heterocycles. The van der Waals surface area contributed by atoms with Gasteiger partial charge in [0.15, 0.2) is 0 Å². The predicted octanol–water partition coefficient (Wildman–Crippen LogP) is 2.95. The lowest BCUT2D eigenvalue weighted by molar-refractivity contribution is -0.133. The third-order valence-electron chi connectivity index (χ3n) is 5.76. The van der Waals surface area contributed by atoms with Gasteiger partial charge in [0.2, 0.25) is 29.3 Å². The molecule has 0 spiro atoms. The van der Waals surface area contributed by atoms with Crippen molar-refractivity contribution in [2.75, 3.05) is 32.7 Å². The molecule has 11 heteroatoms. The number of aryl methyl sites for hydroxylation is 2. The zero-order valence-corrected chi connectivity index (χ0v) is 19.5. The summed E-state index contributed by atoms with van der Waals surface area (Å²) in [7, 11) is 0. The van der Waals surface area contributed by atoms with Gasteiger partial charge in [0.25, 0.3) is 0 Å². The lowest BCUT2D eigenvalue weighted by atomic mass is 10.2. The minimum absolute atomic E-state index is 0.121. The van der Waals surface area contributed by atoms with E-state index in [9.17, 15) is 4.79 Å². The number of hydrogen-bond donors (Lipinski definition) is 0. The molecular weight excluding hydrogens is 454 g/mol. The first kappa shape index (κ1) is 22.4. The average Bonchev–Trinajstić information content (AvgIpc) is 3.66. The van der Waals surface area contributed by atoms with Crippen LogP contribution in [0.4, 0.5) is 0 Å². The number of piperazine rings is 1. The molecule has 0 N–H and O–H groups in total. The second kappa shape index (κ2) is 10.7. The zero-order valence-electron chi connectivity index (χ0n) is 18.7. The summed E-state index contributed by atoms with van der Waals surface area (Å²) in [5.41, 5.74) is 0.842. The molecule has 1 amide bonds. The van der Waals surface area contributed by atoms with Gasteiger partial charge in [-0.1, -0.05) is 16.4 Å². The average molecular weight is 480 g/mol. The van der Waals surface area contributed by atoms with E-state index in [1.807, 2.05) is 34.5 Å². The van der Waals surface area contributed by atoms with Gasteiger partial charge in [-0.15, -0.1) is 11.3 Å². The van der Waals surface area contributed by atoms with Crippen molar-refractivity contribution in [3.05, 3.63) is 53.8 Å². The molecule has 0 atom stereocenters. The number of rotatable bonds is 9. The molecule has 1 aliphatic rings. The highest BCUT2D eigenvalue weighted by molar-refractivity contribution is 7.13. The third-order valence-corrected chi connectivity index (χ3v) is 6.62. The predicted molar refractivity (Wildman–Crippen MR) is 125 cm³/mol. The topological polar surface area (TPSA) is 114 Å². The van der Waals surface area contributed by atoms with Crippen LogP contribution in [0.2, 0.25) is 0 Å². The van der Waals surface area contributed by atoms with Crippen molar-refractivity contribution in [3.8, 4) is 22.1 Å². The maximum atomic E-state index is 12.6. The summed E-state index contributed by atoms with van der Waals surface area (Å²) < 4.78 is 10.7. The van der Waals surface area contributed by atoms with E-state index in [0.717, 1.165) is 56.0 Å². The molecule has 0 aliphatic carbocycles. The highest BCUT2D eigenvalue weighted by Gasteiger charge is 2.21. The monoisotopic (exact) mass is 479 g/mol. The first-order valence-corrected chi connectivity index (χ1v) is 12.2. The van der Waals surface area contributed by atoms with Crippen molar-refractivity contribution in [3.63, 3.8) is 0 Å². The number of amides is 1. The van der Waals surface area contributed by atoms with Crippen LogP contribution in [0, 0.1) is 0 Å². The Hall–Kier alpha value is -3.44. The number of thiophene rings is 1. The molecule has 0 bridgehead atoms. The highest BCUT2D eigenvalue weighted by Crippen LogP contribution is 2.21. The summed E-state index contributed by atoms with van der Waals surface area (Å²) in [6, 6.07) is 7.61. The van der Waals surface area contributed by atoms with Crippen LogP contribution in [0.5, 0.6) is 0 Å². The van der Waals surface area contributed by atoms with Crippen LogP contribution >= 0.6 is 11.3 Å². The molecule has 1 saturated heterocycles. The molecule has 0 saturated carbocycles. The zero-order chi connectivity index (χ0) is 23.2. The first-order chi connectivity index (χ1) is 16.7. The van der Waals surface area contributed by atoms with E-state index < -0.39 is 0 Å². The van der Waals surface area contributed by atoms with Crippen LogP contribution in [-0.2, 0) is 17.6 Å². The van der Waals surface area contributed by atoms with Crippen LogP contribution in [0.3, 0.4) is 0 Å². The van der Waals surface area contributed by atoms with Crippen molar-refractivity contribution < 1.29 is 13.8 Å². The minimum atomic E-state index is 0.121. The van der Waals surface area contributed by atoms with Crippen LogP contribution in [0.1, 0.15) is 24.6 Å². The van der Waals surface area contributed by atoms with E-state index in [2.05, 4.69) is 30.2 Å². The number of pyridine rings is 1. The number of aromatic nitrogens is 5. The van der Waals surface area contributed by atoms with Gasteiger partial charge in [-0.05, 0) is 36.5 Å². The summed E-state index contributed by atoms with van der Waals surface area (Å²) in [5, 5.41) is 10.1. The van der Waals surface area contributed by atoms with E-state index in [1.54, 1.807) is 23.7 Å². The van der Waals surface area contributed by atoms with Crippen molar-refractivity contribution >= 4 is 17.2 Å². The van der Waals surface area contributed by atoms with Gasteiger partial charge in [0, 0.05) is 63.4 Å². The molecule has 0 unspecified atom stereocenters. The Morgan fingerprint density at radius 3 is 2.44 bits per heavy atom. The Kier molecular flexibility index (Phi) is 7.01. The lowest BCUT2D eigenvalue weighted by Crippen LogP contribution is -2.48. The molecule has 176 valence electrons. The second-order valence-corrected chi connectivity index (χ2v) is 9.01. The Balaban J connectivity index is 1.01. The maximum Gasteiger partial charge on any atom is 0.227 e. The summed E-state index contributed by atoms with van der Waals surface area (Å²) in [4.78, 5) is 30.8. The molecule has 1 aliphatic heterocycles. The molecule has 4 aromatic heterocycles. The van der Waals surface area contributed by atoms with E-state index >= 15 is 0 Å². The van der Waals surface area contributed by atoms with Gasteiger partial charge in [-0.25, -0.2) is 0 Å². The standard InChI is InChI=1S/C23H25N7O3S/c31-21(6-5-20-25-22(27-33-20)17-7-9-24-10-8-17)30-14-12-29(13-15-30)11-1-4-19-26-23(28-32-19)18-3-2-16-34-18/h2-3,7-10,16H,1,4-6,11-15H2. The molecule has 10 nitrogen and oxygen atoms in total. The van der Waals surface area contributed by atoms with Crippen molar-refractivity contribution in [1.82, 2.24) is 35.1 Å². The fourth-order valence-electron chi connectivity index (χ4n) is 3.88. The quantitative estimate of drug-likeness (QED) is 0.357. The van der Waals surface area contributed by atoms with Crippen LogP contribution in [-0.4, -0.2) is 73.7 Å². The largest absolute Gasteiger partial charge is 0.340 e. The van der Waals surface area contributed by atoms with Gasteiger partial charge in [0.1, 0.15) is 0 Å². The van der Waals surface area contributed by atoms with E-state index in [4.69, 9.17) is 9.05 Å². The fourth-order valence-corrected chi connectivity index (χ4v) is 4.53. The van der Waals surface area contributed by atoms with Crippen molar-refractivity contribution in [2.45, 2.75) is 25.7 Å². The smallest absolute Gasteiger partial charge is 0.227 e. The van der Waals surface area contributed by atoms with Crippen molar-refractivity contribution in [2.24, 2.45) is 0 Å². The van der Waals surface area contributed by atoms with Gasteiger partial charge >= 0.3 is 0 Å². The summed E-state index contributed by atoms with van der Waals surface area (Å²) >= 11 is 1.60. The highest BCUT2D eigenvalue weighted by atomic mass is 32.1. The molecule has 0 aromatic carbocycles.